The van der Waals surface area contributed by atoms with Crippen LogP contribution in [0.4, 0.5) is 0 Å². The van der Waals surface area contributed by atoms with Crippen molar-refractivity contribution < 1.29 is 14.6 Å². The van der Waals surface area contributed by atoms with Crippen molar-refractivity contribution >= 4 is 5.97 Å². The highest BCUT2D eigenvalue weighted by atomic mass is 16.5. The number of rotatable bonds is 5. The van der Waals surface area contributed by atoms with E-state index in [0.717, 1.165) is 26.2 Å². The molecule has 88 valence electrons. The van der Waals surface area contributed by atoms with Crippen molar-refractivity contribution in [1.82, 2.24) is 10.2 Å². The molecular weight excluding hydrogens is 196 g/mol. The van der Waals surface area contributed by atoms with Gasteiger partial charge in [0.05, 0.1) is 19.1 Å². The lowest BCUT2D eigenvalue weighted by Gasteiger charge is -2.28. The van der Waals surface area contributed by atoms with E-state index in [9.17, 15) is 9.90 Å². The first kappa shape index (κ1) is 12.4. The summed E-state index contributed by atoms with van der Waals surface area (Å²) >= 11 is 0. The van der Waals surface area contributed by atoms with E-state index >= 15 is 0 Å². The smallest absolute Gasteiger partial charge is 0.308 e. The van der Waals surface area contributed by atoms with Crippen LogP contribution >= 0.6 is 0 Å². The van der Waals surface area contributed by atoms with E-state index in [4.69, 9.17) is 4.74 Å². The molecular formula is C10H20N2O3. The second kappa shape index (κ2) is 6.76. The number of esters is 1. The molecule has 0 spiro atoms. The topological polar surface area (TPSA) is 61.8 Å². The number of aliphatic hydroxyl groups excluding tert-OH is 1. The summed E-state index contributed by atoms with van der Waals surface area (Å²) in [7, 11) is 0. The Balaban J connectivity index is 2.16. The molecule has 1 atom stereocenters. The minimum absolute atomic E-state index is 0.0950. The van der Waals surface area contributed by atoms with Gasteiger partial charge >= 0.3 is 5.97 Å². The van der Waals surface area contributed by atoms with Crippen molar-refractivity contribution in [2.45, 2.75) is 19.4 Å². The van der Waals surface area contributed by atoms with Crippen molar-refractivity contribution in [2.24, 2.45) is 0 Å². The maximum Gasteiger partial charge on any atom is 0.308 e. The SMILES string of the molecule is CCOC(=O)CC(O)CN1CCNCC1. The van der Waals surface area contributed by atoms with Crippen LogP contribution in [0.25, 0.3) is 0 Å². The second-order valence-electron chi connectivity index (χ2n) is 3.71. The van der Waals surface area contributed by atoms with Crippen molar-refractivity contribution in [3.63, 3.8) is 0 Å². The average molecular weight is 216 g/mol. The van der Waals surface area contributed by atoms with Crippen LogP contribution in [0.5, 0.6) is 0 Å². The van der Waals surface area contributed by atoms with Gasteiger partial charge in [0, 0.05) is 32.7 Å². The molecule has 0 bridgehead atoms. The molecule has 1 heterocycles. The fourth-order valence-electron chi connectivity index (χ4n) is 1.67. The zero-order valence-electron chi connectivity index (χ0n) is 9.24. The largest absolute Gasteiger partial charge is 0.466 e. The number of β-amino-alcohol motifs (C(OH)–C–C–N with tert-alkyl or cyclic N) is 1. The Morgan fingerprint density at radius 1 is 1.53 bits per heavy atom. The molecule has 0 aromatic rings. The molecule has 5 nitrogen and oxygen atoms in total. The summed E-state index contributed by atoms with van der Waals surface area (Å²) in [5.74, 6) is -0.319. The van der Waals surface area contributed by atoms with Crippen LogP contribution in [-0.4, -0.2) is 61.4 Å². The van der Waals surface area contributed by atoms with Crippen LogP contribution in [0.15, 0.2) is 0 Å². The Hall–Kier alpha value is -0.650. The predicted octanol–water partition coefficient (Wildman–Crippen LogP) is -0.794. The van der Waals surface area contributed by atoms with Gasteiger partial charge in [0.1, 0.15) is 0 Å². The standard InChI is InChI=1S/C10H20N2O3/c1-2-15-10(14)7-9(13)8-12-5-3-11-4-6-12/h9,11,13H,2-8H2,1H3. The fraction of sp³-hybridized carbons (Fsp3) is 0.900. The second-order valence-corrected chi connectivity index (χ2v) is 3.71. The number of nitrogens with zero attached hydrogens (tertiary/aromatic N) is 1. The quantitative estimate of drug-likeness (QED) is 0.590. The summed E-state index contributed by atoms with van der Waals surface area (Å²) < 4.78 is 4.77. The van der Waals surface area contributed by atoms with Gasteiger partial charge in [0.15, 0.2) is 0 Å². The van der Waals surface area contributed by atoms with Gasteiger partial charge in [-0.1, -0.05) is 0 Å². The molecule has 1 unspecified atom stereocenters. The number of hydrogen-bond donors (Lipinski definition) is 2. The highest BCUT2D eigenvalue weighted by Gasteiger charge is 2.17. The van der Waals surface area contributed by atoms with E-state index in [2.05, 4.69) is 10.2 Å². The minimum atomic E-state index is -0.609. The fourth-order valence-corrected chi connectivity index (χ4v) is 1.67. The third kappa shape index (κ3) is 5.11. The van der Waals surface area contributed by atoms with E-state index in [1.54, 1.807) is 6.92 Å². The Morgan fingerprint density at radius 2 is 2.20 bits per heavy atom. The van der Waals surface area contributed by atoms with Crippen LogP contribution < -0.4 is 5.32 Å². The molecule has 5 heteroatoms. The van der Waals surface area contributed by atoms with Gasteiger partial charge < -0.3 is 15.2 Å². The summed E-state index contributed by atoms with van der Waals surface area (Å²) in [4.78, 5) is 13.2. The number of ether oxygens (including phenoxy) is 1. The molecule has 1 rings (SSSR count). The van der Waals surface area contributed by atoms with Gasteiger partial charge in [-0.15, -0.1) is 0 Å². The number of nitrogens with one attached hydrogen (secondary N) is 1. The Labute approximate surface area is 90.4 Å². The maximum atomic E-state index is 11.1. The molecule has 0 aliphatic carbocycles. The zero-order valence-corrected chi connectivity index (χ0v) is 9.24. The predicted molar refractivity (Wildman–Crippen MR) is 56.6 cm³/mol. The van der Waals surface area contributed by atoms with Crippen LogP contribution in [0.3, 0.4) is 0 Å². The number of piperazine rings is 1. The molecule has 1 aliphatic rings. The van der Waals surface area contributed by atoms with Crippen LogP contribution in [0.1, 0.15) is 13.3 Å². The number of carbonyl (C=O) groups is 1. The molecule has 0 aromatic carbocycles. The molecule has 1 fully saturated rings. The molecule has 0 amide bonds. The molecule has 2 N–H and O–H groups in total. The molecule has 15 heavy (non-hydrogen) atoms. The van der Waals surface area contributed by atoms with Gasteiger partial charge in [-0.25, -0.2) is 0 Å². The highest BCUT2D eigenvalue weighted by molar-refractivity contribution is 5.69. The molecule has 0 saturated carbocycles. The highest BCUT2D eigenvalue weighted by Crippen LogP contribution is 2.00. The van der Waals surface area contributed by atoms with Crippen molar-refractivity contribution in [2.75, 3.05) is 39.3 Å². The summed E-state index contributed by atoms with van der Waals surface area (Å²) in [6.45, 7) is 6.46. The molecule has 0 radical (unpaired) electrons. The van der Waals surface area contributed by atoms with Crippen LogP contribution in [-0.2, 0) is 9.53 Å². The van der Waals surface area contributed by atoms with Gasteiger partial charge in [-0.3, -0.25) is 9.69 Å². The summed E-state index contributed by atoms with van der Waals surface area (Å²) in [5.41, 5.74) is 0. The number of carbonyl (C=O) groups excluding carboxylic acids is 1. The monoisotopic (exact) mass is 216 g/mol. The van der Waals surface area contributed by atoms with Gasteiger partial charge in [0.25, 0.3) is 0 Å². The number of aliphatic hydroxyl groups is 1. The molecule has 0 aromatic heterocycles. The third-order valence-electron chi connectivity index (χ3n) is 2.39. The van der Waals surface area contributed by atoms with E-state index in [1.165, 1.54) is 0 Å². The average Bonchev–Trinajstić information content (AvgIpc) is 2.19. The zero-order chi connectivity index (χ0) is 11.1. The Morgan fingerprint density at radius 3 is 2.80 bits per heavy atom. The Kier molecular flexibility index (Phi) is 5.60. The lowest BCUT2D eigenvalue weighted by molar-refractivity contribution is -0.145. The lowest BCUT2D eigenvalue weighted by atomic mass is 10.2. The summed E-state index contributed by atoms with van der Waals surface area (Å²) in [5, 5.41) is 12.9. The molecule has 1 aliphatic heterocycles. The molecule has 1 saturated heterocycles. The van der Waals surface area contributed by atoms with Crippen LogP contribution in [0.2, 0.25) is 0 Å². The van der Waals surface area contributed by atoms with Crippen molar-refractivity contribution in [3.05, 3.63) is 0 Å². The first-order valence-electron chi connectivity index (χ1n) is 5.49. The minimum Gasteiger partial charge on any atom is -0.466 e. The first-order chi connectivity index (χ1) is 7.22. The Bertz CT molecular complexity index is 193. The van der Waals surface area contributed by atoms with Gasteiger partial charge in [-0.2, -0.15) is 0 Å². The lowest BCUT2D eigenvalue weighted by Crippen LogP contribution is -2.46. The van der Waals surface area contributed by atoms with E-state index in [1.807, 2.05) is 0 Å². The van der Waals surface area contributed by atoms with Crippen molar-refractivity contribution in [3.8, 4) is 0 Å². The van der Waals surface area contributed by atoms with Gasteiger partial charge in [0.2, 0.25) is 0 Å². The van der Waals surface area contributed by atoms with Gasteiger partial charge in [-0.05, 0) is 6.92 Å². The maximum absolute atomic E-state index is 11.1. The summed E-state index contributed by atoms with van der Waals surface area (Å²) in [6, 6.07) is 0. The van der Waals surface area contributed by atoms with Crippen LogP contribution in [0, 0.1) is 0 Å². The summed E-state index contributed by atoms with van der Waals surface area (Å²) in [6.07, 6.45) is -0.514. The number of hydrogen-bond acceptors (Lipinski definition) is 5. The third-order valence-corrected chi connectivity index (χ3v) is 2.39. The van der Waals surface area contributed by atoms with E-state index in [-0.39, 0.29) is 12.4 Å². The van der Waals surface area contributed by atoms with E-state index < -0.39 is 6.10 Å². The normalized spacial score (nSPS) is 19.9. The first-order valence-corrected chi connectivity index (χ1v) is 5.49. The van der Waals surface area contributed by atoms with Crippen molar-refractivity contribution in [1.29, 1.82) is 0 Å². The van der Waals surface area contributed by atoms with E-state index in [0.29, 0.717) is 13.2 Å².